The van der Waals surface area contributed by atoms with Gasteiger partial charge in [-0.1, -0.05) is 26.8 Å². The smallest absolute Gasteiger partial charge is 0.237 e. The van der Waals surface area contributed by atoms with Crippen LogP contribution in [-0.4, -0.2) is 18.5 Å². The number of nitrogens with one attached hydrogen (secondary N) is 1. The lowest BCUT2D eigenvalue weighted by atomic mass is 9.87. The molecule has 6 heteroatoms. The summed E-state index contributed by atoms with van der Waals surface area (Å²) in [6.45, 7) is 5.72. The van der Waals surface area contributed by atoms with Crippen molar-refractivity contribution in [3.05, 3.63) is 35.4 Å². The molecule has 0 saturated carbocycles. The van der Waals surface area contributed by atoms with Crippen molar-refractivity contribution in [3.8, 4) is 0 Å². The monoisotopic (exact) mass is 306 g/mol. The summed E-state index contributed by atoms with van der Waals surface area (Å²) < 4.78 is 26.7. The SMILES string of the molecule is CC(C)(C)[C@H](N)C(=O)NCCc1c(F)cccc1F.Cl. The third kappa shape index (κ3) is 5.06. The first-order valence-electron chi connectivity index (χ1n) is 6.19. The van der Waals surface area contributed by atoms with Gasteiger partial charge in [-0.3, -0.25) is 4.79 Å². The van der Waals surface area contributed by atoms with Gasteiger partial charge >= 0.3 is 0 Å². The fourth-order valence-electron chi connectivity index (χ4n) is 1.59. The van der Waals surface area contributed by atoms with Crippen LogP contribution in [0.1, 0.15) is 26.3 Å². The summed E-state index contributed by atoms with van der Waals surface area (Å²) in [4.78, 5) is 11.7. The van der Waals surface area contributed by atoms with Gasteiger partial charge in [0.25, 0.3) is 0 Å². The first-order valence-corrected chi connectivity index (χ1v) is 6.19. The summed E-state index contributed by atoms with van der Waals surface area (Å²) in [5.41, 5.74) is 5.40. The number of nitrogens with two attached hydrogens (primary N) is 1. The zero-order chi connectivity index (χ0) is 14.6. The fourth-order valence-corrected chi connectivity index (χ4v) is 1.59. The first kappa shape index (κ1) is 18.8. The predicted octanol–water partition coefficient (Wildman–Crippen LogP) is 2.42. The maximum Gasteiger partial charge on any atom is 0.237 e. The van der Waals surface area contributed by atoms with Crippen molar-refractivity contribution in [1.29, 1.82) is 0 Å². The summed E-state index contributed by atoms with van der Waals surface area (Å²) in [6.07, 6.45) is 0.0983. The number of carbonyl (C=O) groups is 1. The number of halogens is 3. The van der Waals surface area contributed by atoms with Crippen LogP contribution >= 0.6 is 12.4 Å². The molecule has 0 aliphatic heterocycles. The average molecular weight is 307 g/mol. The summed E-state index contributed by atoms with van der Waals surface area (Å²) in [5.74, 6) is -1.52. The predicted molar refractivity (Wildman–Crippen MR) is 77.8 cm³/mol. The van der Waals surface area contributed by atoms with Crippen LogP contribution in [0.25, 0.3) is 0 Å². The quantitative estimate of drug-likeness (QED) is 0.897. The van der Waals surface area contributed by atoms with E-state index < -0.39 is 17.7 Å². The van der Waals surface area contributed by atoms with Crippen molar-refractivity contribution in [2.45, 2.75) is 33.2 Å². The molecular weight excluding hydrogens is 286 g/mol. The van der Waals surface area contributed by atoms with E-state index in [1.807, 2.05) is 20.8 Å². The van der Waals surface area contributed by atoms with Crippen molar-refractivity contribution < 1.29 is 13.6 Å². The van der Waals surface area contributed by atoms with E-state index in [-0.39, 0.29) is 42.3 Å². The van der Waals surface area contributed by atoms with E-state index in [9.17, 15) is 13.6 Å². The van der Waals surface area contributed by atoms with Crippen molar-refractivity contribution in [2.75, 3.05) is 6.54 Å². The Morgan fingerprint density at radius 3 is 2.25 bits per heavy atom. The highest BCUT2D eigenvalue weighted by Crippen LogP contribution is 2.17. The minimum absolute atomic E-state index is 0. The molecule has 0 fully saturated rings. The van der Waals surface area contributed by atoms with Gasteiger partial charge in [0.1, 0.15) is 11.6 Å². The summed E-state index contributed by atoms with van der Waals surface area (Å²) in [7, 11) is 0. The summed E-state index contributed by atoms with van der Waals surface area (Å²) >= 11 is 0. The number of hydrogen-bond acceptors (Lipinski definition) is 2. The highest BCUT2D eigenvalue weighted by Gasteiger charge is 2.27. The number of benzene rings is 1. The van der Waals surface area contributed by atoms with Gasteiger partial charge in [-0.2, -0.15) is 0 Å². The third-order valence-electron chi connectivity index (χ3n) is 2.95. The second-order valence-electron chi connectivity index (χ2n) is 5.58. The molecule has 0 aliphatic carbocycles. The van der Waals surface area contributed by atoms with E-state index >= 15 is 0 Å². The second kappa shape index (κ2) is 7.55. The van der Waals surface area contributed by atoms with Gasteiger partial charge < -0.3 is 11.1 Å². The maximum atomic E-state index is 13.3. The molecule has 0 aromatic heterocycles. The Labute approximate surface area is 124 Å². The largest absolute Gasteiger partial charge is 0.354 e. The lowest BCUT2D eigenvalue weighted by molar-refractivity contribution is -0.124. The Kier molecular flexibility index (Phi) is 7.09. The topological polar surface area (TPSA) is 55.1 Å². The van der Waals surface area contributed by atoms with Gasteiger partial charge in [-0.25, -0.2) is 8.78 Å². The molecule has 20 heavy (non-hydrogen) atoms. The van der Waals surface area contributed by atoms with E-state index in [2.05, 4.69) is 5.32 Å². The highest BCUT2D eigenvalue weighted by atomic mass is 35.5. The van der Waals surface area contributed by atoms with Crippen LogP contribution in [0.5, 0.6) is 0 Å². The molecule has 1 rings (SSSR count). The van der Waals surface area contributed by atoms with Crippen molar-refractivity contribution in [3.63, 3.8) is 0 Å². The zero-order valence-electron chi connectivity index (χ0n) is 11.9. The van der Waals surface area contributed by atoms with Gasteiger partial charge in [0.2, 0.25) is 5.91 Å². The summed E-state index contributed by atoms with van der Waals surface area (Å²) in [5, 5.41) is 2.59. The number of hydrogen-bond donors (Lipinski definition) is 2. The molecule has 1 amide bonds. The number of carbonyl (C=O) groups excluding carboxylic acids is 1. The van der Waals surface area contributed by atoms with Crippen LogP contribution in [0.3, 0.4) is 0 Å². The van der Waals surface area contributed by atoms with Crippen LogP contribution in [0, 0.1) is 17.0 Å². The molecule has 0 bridgehead atoms. The van der Waals surface area contributed by atoms with Gasteiger partial charge in [-0.05, 0) is 24.0 Å². The minimum Gasteiger partial charge on any atom is -0.354 e. The zero-order valence-corrected chi connectivity index (χ0v) is 12.7. The Morgan fingerprint density at radius 2 is 1.80 bits per heavy atom. The molecule has 0 aliphatic rings. The molecule has 0 heterocycles. The molecule has 114 valence electrons. The van der Waals surface area contributed by atoms with E-state index in [0.29, 0.717) is 0 Å². The second-order valence-corrected chi connectivity index (χ2v) is 5.58. The molecule has 0 saturated heterocycles. The number of rotatable bonds is 4. The Balaban J connectivity index is 0.00000361. The standard InChI is InChI=1S/C14H20F2N2O.ClH/c1-14(2,3)12(17)13(19)18-8-7-9-10(15)5-4-6-11(9)16;/h4-6,12H,7-8,17H2,1-3H3,(H,18,19);1H/t12-;/m1./s1. The van der Waals surface area contributed by atoms with Gasteiger partial charge in [0, 0.05) is 12.1 Å². The molecule has 0 unspecified atom stereocenters. The average Bonchev–Trinajstić information content (AvgIpc) is 2.30. The first-order chi connectivity index (χ1) is 8.73. The minimum atomic E-state index is -0.655. The van der Waals surface area contributed by atoms with Crippen LogP contribution < -0.4 is 11.1 Å². The lowest BCUT2D eigenvalue weighted by Crippen LogP contribution is -2.49. The van der Waals surface area contributed by atoms with Crippen molar-refractivity contribution in [1.82, 2.24) is 5.32 Å². The van der Waals surface area contributed by atoms with Crippen LogP contribution in [0.2, 0.25) is 0 Å². The Bertz CT molecular complexity index is 441. The van der Waals surface area contributed by atoms with Crippen LogP contribution in [0.15, 0.2) is 18.2 Å². The van der Waals surface area contributed by atoms with Crippen molar-refractivity contribution in [2.24, 2.45) is 11.1 Å². The molecule has 0 radical (unpaired) electrons. The molecule has 3 N–H and O–H groups in total. The third-order valence-corrected chi connectivity index (χ3v) is 2.95. The molecule has 1 aromatic rings. The van der Waals surface area contributed by atoms with Crippen molar-refractivity contribution >= 4 is 18.3 Å². The van der Waals surface area contributed by atoms with E-state index in [0.717, 1.165) is 0 Å². The molecule has 1 aromatic carbocycles. The molecule has 3 nitrogen and oxygen atoms in total. The maximum absolute atomic E-state index is 13.3. The van der Waals surface area contributed by atoms with E-state index in [4.69, 9.17) is 5.73 Å². The Morgan fingerprint density at radius 1 is 1.30 bits per heavy atom. The summed E-state index contributed by atoms with van der Waals surface area (Å²) in [6, 6.07) is 3.04. The Hall–Kier alpha value is -1.20. The lowest BCUT2D eigenvalue weighted by Gasteiger charge is -2.25. The van der Waals surface area contributed by atoms with E-state index in [1.54, 1.807) is 0 Å². The molecule has 0 spiro atoms. The van der Waals surface area contributed by atoms with Gasteiger partial charge in [-0.15, -0.1) is 12.4 Å². The van der Waals surface area contributed by atoms with Gasteiger partial charge in [0.05, 0.1) is 6.04 Å². The van der Waals surface area contributed by atoms with Crippen LogP contribution in [-0.2, 0) is 11.2 Å². The highest BCUT2D eigenvalue weighted by molar-refractivity contribution is 5.85. The van der Waals surface area contributed by atoms with Gasteiger partial charge in [0.15, 0.2) is 0 Å². The molecule has 1 atom stereocenters. The normalized spacial score (nSPS) is 12.5. The number of amides is 1. The van der Waals surface area contributed by atoms with E-state index in [1.165, 1.54) is 18.2 Å². The molecular formula is C14H21ClF2N2O. The fraction of sp³-hybridized carbons (Fsp3) is 0.500. The van der Waals surface area contributed by atoms with Crippen LogP contribution in [0.4, 0.5) is 8.78 Å².